The predicted molar refractivity (Wildman–Crippen MR) is 79.7 cm³/mol. The number of rotatable bonds is 9. The molecule has 0 aliphatic rings. The van der Waals surface area contributed by atoms with Gasteiger partial charge in [-0.1, -0.05) is 19.4 Å². The second-order valence-electron chi connectivity index (χ2n) is 4.74. The predicted octanol–water partition coefficient (Wildman–Crippen LogP) is 3.60. The highest BCUT2D eigenvalue weighted by molar-refractivity contribution is 5.38. The maximum absolute atomic E-state index is 5.67. The maximum atomic E-state index is 5.67. The van der Waals surface area contributed by atoms with Gasteiger partial charge in [-0.3, -0.25) is 0 Å². The number of ether oxygens (including phenoxy) is 1. The van der Waals surface area contributed by atoms with Crippen molar-refractivity contribution in [1.82, 2.24) is 9.97 Å². The number of hydrogen-bond acceptors (Lipinski definition) is 4. The molecule has 0 amide bonds. The number of anilines is 1. The molecule has 4 nitrogen and oxygen atoms in total. The van der Waals surface area contributed by atoms with Gasteiger partial charge in [0.15, 0.2) is 0 Å². The van der Waals surface area contributed by atoms with Gasteiger partial charge in [0.25, 0.3) is 0 Å². The van der Waals surface area contributed by atoms with E-state index in [4.69, 9.17) is 4.74 Å². The molecule has 1 heterocycles. The summed E-state index contributed by atoms with van der Waals surface area (Å²) < 4.78 is 5.67. The number of aryl methyl sites for hydroxylation is 1. The lowest BCUT2D eigenvalue weighted by molar-refractivity contribution is 0.308. The largest absolute Gasteiger partial charge is 0.477 e. The fourth-order valence-corrected chi connectivity index (χ4v) is 1.56. The summed E-state index contributed by atoms with van der Waals surface area (Å²) >= 11 is 0. The lowest BCUT2D eigenvalue weighted by Gasteiger charge is -2.10. The Balaban J connectivity index is 2.71. The summed E-state index contributed by atoms with van der Waals surface area (Å²) in [5.41, 5.74) is 1.12. The summed E-state index contributed by atoms with van der Waals surface area (Å²) in [5.74, 6) is 2.35. The van der Waals surface area contributed by atoms with E-state index in [-0.39, 0.29) is 0 Å². The summed E-state index contributed by atoms with van der Waals surface area (Å²) in [5, 5.41) is 3.28. The molecule has 0 saturated carbocycles. The molecule has 0 fully saturated rings. The van der Waals surface area contributed by atoms with E-state index in [2.05, 4.69) is 35.7 Å². The monoisotopic (exact) mass is 263 g/mol. The Kier molecular flexibility index (Phi) is 6.93. The average Bonchev–Trinajstić information content (AvgIpc) is 2.36. The van der Waals surface area contributed by atoms with Crippen LogP contribution in [0.25, 0.3) is 0 Å². The first-order valence-corrected chi connectivity index (χ1v) is 7.04. The van der Waals surface area contributed by atoms with Crippen LogP contribution in [-0.4, -0.2) is 23.1 Å². The maximum Gasteiger partial charge on any atom is 0.218 e. The third-order valence-corrected chi connectivity index (χ3v) is 2.56. The van der Waals surface area contributed by atoms with Crippen LogP contribution in [-0.2, 0) is 6.42 Å². The van der Waals surface area contributed by atoms with Gasteiger partial charge >= 0.3 is 0 Å². The molecular formula is C15H25N3O. The summed E-state index contributed by atoms with van der Waals surface area (Å²) in [7, 11) is 0. The van der Waals surface area contributed by atoms with Gasteiger partial charge in [0.1, 0.15) is 11.6 Å². The SMILES string of the molecule is C=C(C)CCOc1cc(NCCC)nc(CCC)n1. The third-order valence-electron chi connectivity index (χ3n) is 2.56. The van der Waals surface area contributed by atoms with Gasteiger partial charge in [0.2, 0.25) is 5.88 Å². The minimum absolute atomic E-state index is 0.616. The zero-order chi connectivity index (χ0) is 14.1. The number of nitrogens with zero attached hydrogens (tertiary/aromatic N) is 2. The van der Waals surface area contributed by atoms with Crippen molar-refractivity contribution in [3.8, 4) is 5.88 Å². The molecule has 0 unspecified atom stereocenters. The molecule has 4 heteroatoms. The van der Waals surface area contributed by atoms with Crippen LogP contribution in [0.4, 0.5) is 5.82 Å². The molecular weight excluding hydrogens is 238 g/mol. The minimum atomic E-state index is 0.616. The first-order chi connectivity index (χ1) is 9.15. The summed E-state index contributed by atoms with van der Waals surface area (Å²) in [6, 6.07) is 1.87. The van der Waals surface area contributed by atoms with Gasteiger partial charge in [-0.15, -0.1) is 6.58 Å². The van der Waals surface area contributed by atoms with Crippen LogP contribution >= 0.6 is 0 Å². The second kappa shape index (κ2) is 8.51. The lowest BCUT2D eigenvalue weighted by Crippen LogP contribution is -2.08. The molecule has 0 bridgehead atoms. The van der Waals surface area contributed by atoms with E-state index in [1.54, 1.807) is 0 Å². The van der Waals surface area contributed by atoms with E-state index in [0.717, 1.165) is 49.4 Å². The van der Waals surface area contributed by atoms with E-state index < -0.39 is 0 Å². The van der Waals surface area contributed by atoms with E-state index in [1.165, 1.54) is 0 Å². The molecule has 0 aromatic carbocycles. The van der Waals surface area contributed by atoms with Crippen LogP contribution in [0.15, 0.2) is 18.2 Å². The van der Waals surface area contributed by atoms with Crippen molar-refractivity contribution in [2.75, 3.05) is 18.5 Å². The van der Waals surface area contributed by atoms with Crippen molar-refractivity contribution in [1.29, 1.82) is 0 Å². The van der Waals surface area contributed by atoms with Crippen molar-refractivity contribution in [3.05, 3.63) is 24.0 Å². The quantitative estimate of drug-likeness (QED) is 0.692. The molecule has 0 atom stereocenters. The second-order valence-corrected chi connectivity index (χ2v) is 4.74. The highest BCUT2D eigenvalue weighted by Gasteiger charge is 2.05. The fraction of sp³-hybridized carbons (Fsp3) is 0.600. The number of nitrogens with one attached hydrogen (secondary N) is 1. The van der Waals surface area contributed by atoms with Crippen molar-refractivity contribution in [3.63, 3.8) is 0 Å². The van der Waals surface area contributed by atoms with Gasteiger partial charge in [0.05, 0.1) is 6.61 Å². The van der Waals surface area contributed by atoms with E-state index in [1.807, 2.05) is 13.0 Å². The van der Waals surface area contributed by atoms with Gasteiger partial charge in [-0.05, 0) is 19.8 Å². The normalized spacial score (nSPS) is 10.3. The van der Waals surface area contributed by atoms with Crippen LogP contribution in [0, 0.1) is 0 Å². The van der Waals surface area contributed by atoms with E-state index in [0.29, 0.717) is 12.5 Å². The van der Waals surface area contributed by atoms with Crippen molar-refractivity contribution >= 4 is 5.82 Å². The Labute approximate surface area is 116 Å². The van der Waals surface area contributed by atoms with Crippen LogP contribution in [0.1, 0.15) is 45.9 Å². The first-order valence-electron chi connectivity index (χ1n) is 7.04. The first kappa shape index (κ1) is 15.5. The zero-order valence-electron chi connectivity index (χ0n) is 12.3. The molecule has 106 valence electrons. The minimum Gasteiger partial charge on any atom is -0.477 e. The number of hydrogen-bond donors (Lipinski definition) is 1. The van der Waals surface area contributed by atoms with Crippen molar-refractivity contribution < 1.29 is 4.74 Å². The average molecular weight is 263 g/mol. The number of aromatic nitrogens is 2. The van der Waals surface area contributed by atoms with Gasteiger partial charge in [0, 0.05) is 25.5 Å². The molecule has 0 radical (unpaired) electrons. The van der Waals surface area contributed by atoms with Crippen LogP contribution in [0.5, 0.6) is 5.88 Å². The molecule has 1 N–H and O–H groups in total. The summed E-state index contributed by atoms with van der Waals surface area (Å²) in [4.78, 5) is 8.91. The summed E-state index contributed by atoms with van der Waals surface area (Å²) in [6.45, 7) is 11.6. The molecule has 0 saturated heterocycles. The Morgan fingerprint density at radius 2 is 2.11 bits per heavy atom. The Bertz CT molecular complexity index is 404. The van der Waals surface area contributed by atoms with Crippen LogP contribution in [0.2, 0.25) is 0 Å². The molecule has 0 aliphatic carbocycles. The molecule has 0 aliphatic heterocycles. The molecule has 0 spiro atoms. The Hall–Kier alpha value is -1.58. The van der Waals surface area contributed by atoms with Crippen molar-refractivity contribution in [2.24, 2.45) is 0 Å². The van der Waals surface area contributed by atoms with Crippen LogP contribution in [0.3, 0.4) is 0 Å². The smallest absolute Gasteiger partial charge is 0.218 e. The fourth-order valence-electron chi connectivity index (χ4n) is 1.56. The van der Waals surface area contributed by atoms with Gasteiger partial charge in [-0.2, -0.15) is 4.98 Å². The van der Waals surface area contributed by atoms with E-state index >= 15 is 0 Å². The van der Waals surface area contributed by atoms with E-state index in [9.17, 15) is 0 Å². The van der Waals surface area contributed by atoms with Crippen LogP contribution < -0.4 is 10.1 Å². The summed E-state index contributed by atoms with van der Waals surface area (Å²) in [6.07, 6.45) is 3.82. The standard InChI is InChI=1S/C15H25N3O/c1-5-7-13-17-14(16-9-6-2)11-15(18-13)19-10-8-12(3)4/h11H,3,5-10H2,1-2,4H3,(H,16,17,18). The topological polar surface area (TPSA) is 47.0 Å². The zero-order valence-corrected chi connectivity index (χ0v) is 12.3. The molecule has 1 rings (SSSR count). The third kappa shape index (κ3) is 6.22. The molecule has 19 heavy (non-hydrogen) atoms. The van der Waals surface area contributed by atoms with Gasteiger partial charge < -0.3 is 10.1 Å². The highest BCUT2D eigenvalue weighted by atomic mass is 16.5. The van der Waals surface area contributed by atoms with Gasteiger partial charge in [-0.25, -0.2) is 4.98 Å². The van der Waals surface area contributed by atoms with Crippen molar-refractivity contribution in [2.45, 2.75) is 46.5 Å². The highest BCUT2D eigenvalue weighted by Crippen LogP contribution is 2.15. The lowest BCUT2D eigenvalue weighted by atomic mass is 10.3. The Morgan fingerprint density at radius 1 is 1.32 bits per heavy atom. The Morgan fingerprint density at radius 3 is 2.74 bits per heavy atom. The molecule has 1 aromatic heterocycles. The molecule has 1 aromatic rings.